The van der Waals surface area contributed by atoms with Crippen molar-refractivity contribution in [3.8, 4) is 0 Å². The maximum absolute atomic E-state index is 11.8. The molecule has 0 saturated heterocycles. The summed E-state index contributed by atoms with van der Waals surface area (Å²) in [5.74, 6) is -0.579. The number of aryl methyl sites for hydroxylation is 1. The number of hydrogen-bond acceptors (Lipinski definition) is 5. The molecule has 0 unspecified atom stereocenters. The monoisotopic (exact) mass is 309 g/mol. The summed E-state index contributed by atoms with van der Waals surface area (Å²) in [5, 5.41) is 0. The lowest BCUT2D eigenvalue weighted by Crippen LogP contribution is -2.12. The smallest absolute Gasteiger partial charge is 0.354 e. The molecular formula is C11H16ClNO5S. The Morgan fingerprint density at radius 2 is 2.11 bits per heavy atom. The lowest BCUT2D eigenvalue weighted by Gasteiger charge is -2.06. The molecule has 0 aliphatic rings. The molecule has 1 aromatic heterocycles. The third-order valence-corrected chi connectivity index (χ3v) is 3.75. The van der Waals surface area contributed by atoms with E-state index in [2.05, 4.69) is 0 Å². The lowest BCUT2D eigenvalue weighted by atomic mass is 10.4. The number of carbonyl (C=O) groups excluding carboxylic acids is 1. The molecule has 0 bridgehead atoms. The number of nitrogens with zero attached hydrogens (tertiary/aromatic N) is 1. The van der Waals surface area contributed by atoms with Gasteiger partial charge < -0.3 is 14.0 Å². The van der Waals surface area contributed by atoms with Crippen LogP contribution in [-0.4, -0.2) is 39.3 Å². The molecule has 1 rings (SSSR count). The van der Waals surface area contributed by atoms with E-state index in [0.29, 0.717) is 19.6 Å². The Bertz CT molecular complexity index is 537. The fourth-order valence-electron chi connectivity index (χ4n) is 1.49. The molecule has 19 heavy (non-hydrogen) atoms. The quantitative estimate of drug-likeness (QED) is 0.435. The second-order valence-corrected chi connectivity index (χ2v) is 6.33. The lowest BCUT2D eigenvalue weighted by molar-refractivity contribution is 0.0456. The molecule has 0 fully saturated rings. The highest BCUT2D eigenvalue weighted by Crippen LogP contribution is 2.19. The van der Waals surface area contributed by atoms with Gasteiger partial charge in [0.25, 0.3) is 9.05 Å². The Morgan fingerprint density at radius 3 is 2.63 bits per heavy atom. The van der Waals surface area contributed by atoms with Crippen LogP contribution in [0.3, 0.4) is 0 Å². The first-order valence-electron chi connectivity index (χ1n) is 5.71. The zero-order valence-corrected chi connectivity index (χ0v) is 12.3. The molecule has 0 aromatic carbocycles. The summed E-state index contributed by atoms with van der Waals surface area (Å²) in [6.07, 6.45) is 1.89. The Balaban J connectivity index is 2.81. The van der Waals surface area contributed by atoms with Gasteiger partial charge in [0.2, 0.25) is 0 Å². The molecule has 0 radical (unpaired) electrons. The van der Waals surface area contributed by atoms with E-state index in [-0.39, 0.29) is 17.2 Å². The fourth-order valence-corrected chi connectivity index (χ4v) is 2.25. The highest BCUT2D eigenvalue weighted by Gasteiger charge is 2.20. The van der Waals surface area contributed by atoms with Crippen molar-refractivity contribution in [1.82, 2.24) is 4.57 Å². The maximum atomic E-state index is 11.8. The number of methoxy groups -OCH3 is 1. The molecule has 1 heterocycles. The van der Waals surface area contributed by atoms with Crippen molar-refractivity contribution in [2.75, 3.05) is 20.3 Å². The van der Waals surface area contributed by atoms with Crippen molar-refractivity contribution in [1.29, 1.82) is 0 Å². The summed E-state index contributed by atoms with van der Waals surface area (Å²) >= 11 is 0. The van der Waals surface area contributed by atoms with Gasteiger partial charge in [-0.1, -0.05) is 0 Å². The Morgan fingerprint density at radius 1 is 1.42 bits per heavy atom. The van der Waals surface area contributed by atoms with Crippen LogP contribution in [0, 0.1) is 0 Å². The summed E-state index contributed by atoms with van der Waals surface area (Å²) < 4.78 is 33.8. The van der Waals surface area contributed by atoms with Crippen LogP contribution in [-0.2, 0) is 25.1 Å². The van der Waals surface area contributed by atoms with Crippen molar-refractivity contribution in [2.45, 2.75) is 24.8 Å². The van der Waals surface area contributed by atoms with E-state index in [1.807, 2.05) is 0 Å². The summed E-state index contributed by atoms with van der Waals surface area (Å²) in [6.45, 7) is 2.93. The van der Waals surface area contributed by atoms with Gasteiger partial charge in [0.1, 0.15) is 10.6 Å². The van der Waals surface area contributed by atoms with Gasteiger partial charge in [-0.2, -0.15) is 0 Å². The van der Waals surface area contributed by atoms with Gasteiger partial charge in [0, 0.05) is 43.6 Å². The summed E-state index contributed by atoms with van der Waals surface area (Å²) in [5.41, 5.74) is 0.166. The molecule has 0 aliphatic carbocycles. The molecule has 0 spiro atoms. The molecule has 0 atom stereocenters. The van der Waals surface area contributed by atoms with Gasteiger partial charge in [0.15, 0.2) is 0 Å². The van der Waals surface area contributed by atoms with Gasteiger partial charge in [-0.25, -0.2) is 13.2 Å². The van der Waals surface area contributed by atoms with E-state index in [4.69, 9.17) is 20.2 Å². The largest absolute Gasteiger partial charge is 0.461 e. The molecule has 0 amide bonds. The second-order valence-electron chi connectivity index (χ2n) is 3.77. The topological polar surface area (TPSA) is 74.6 Å². The highest BCUT2D eigenvalue weighted by molar-refractivity contribution is 8.13. The number of carbonyl (C=O) groups is 1. The Hall–Kier alpha value is -1.05. The molecule has 108 valence electrons. The molecule has 8 heteroatoms. The molecular weight excluding hydrogens is 294 g/mol. The van der Waals surface area contributed by atoms with Crippen molar-refractivity contribution in [3.05, 3.63) is 18.0 Å². The first-order valence-corrected chi connectivity index (χ1v) is 8.02. The van der Waals surface area contributed by atoms with E-state index in [1.54, 1.807) is 14.0 Å². The zero-order chi connectivity index (χ0) is 14.5. The van der Waals surface area contributed by atoms with Crippen LogP contribution in [0.5, 0.6) is 0 Å². The van der Waals surface area contributed by atoms with Crippen LogP contribution in [0.25, 0.3) is 0 Å². The van der Waals surface area contributed by atoms with Crippen LogP contribution < -0.4 is 0 Å². The van der Waals surface area contributed by atoms with Crippen LogP contribution in [0.1, 0.15) is 23.8 Å². The number of hydrogen-bond donors (Lipinski definition) is 0. The average molecular weight is 310 g/mol. The third-order valence-electron chi connectivity index (χ3n) is 2.43. The molecule has 0 aliphatic heterocycles. The average Bonchev–Trinajstić information content (AvgIpc) is 2.78. The fraction of sp³-hybridized carbons (Fsp3) is 0.545. The third kappa shape index (κ3) is 4.52. The van der Waals surface area contributed by atoms with Crippen molar-refractivity contribution < 1.29 is 22.7 Å². The Labute approximate surface area is 116 Å². The van der Waals surface area contributed by atoms with Crippen molar-refractivity contribution >= 4 is 25.7 Å². The summed E-state index contributed by atoms with van der Waals surface area (Å²) in [6, 6.07) is 1.21. The standard InChI is InChI=1S/C11H16ClNO5S/c1-3-13-8-9(19(12,15)16)7-10(13)11(14)18-6-4-5-17-2/h7-8H,3-6H2,1-2H3. The molecule has 0 N–H and O–H groups in total. The van der Waals surface area contributed by atoms with Gasteiger partial charge in [-0.05, 0) is 13.0 Å². The Kier molecular flexibility index (Phi) is 5.84. The van der Waals surface area contributed by atoms with Crippen LogP contribution in [0.4, 0.5) is 0 Å². The van der Waals surface area contributed by atoms with Crippen molar-refractivity contribution in [3.63, 3.8) is 0 Å². The number of halogens is 1. The normalized spacial score (nSPS) is 11.5. The maximum Gasteiger partial charge on any atom is 0.354 e. The van der Waals surface area contributed by atoms with Crippen LogP contribution >= 0.6 is 10.7 Å². The summed E-state index contributed by atoms with van der Waals surface area (Å²) in [7, 11) is 2.94. The van der Waals surface area contributed by atoms with Gasteiger partial charge >= 0.3 is 5.97 Å². The minimum absolute atomic E-state index is 0.111. The van der Waals surface area contributed by atoms with E-state index < -0.39 is 15.0 Å². The van der Waals surface area contributed by atoms with Gasteiger partial charge in [-0.3, -0.25) is 0 Å². The van der Waals surface area contributed by atoms with E-state index in [9.17, 15) is 13.2 Å². The van der Waals surface area contributed by atoms with E-state index in [1.165, 1.54) is 16.8 Å². The number of aromatic nitrogens is 1. The van der Waals surface area contributed by atoms with E-state index >= 15 is 0 Å². The number of rotatable bonds is 7. The van der Waals surface area contributed by atoms with E-state index in [0.717, 1.165) is 0 Å². The predicted octanol–water partition coefficient (Wildman–Crippen LogP) is 1.63. The number of esters is 1. The number of ether oxygens (including phenoxy) is 2. The summed E-state index contributed by atoms with van der Waals surface area (Å²) in [4.78, 5) is 11.7. The molecule has 1 aromatic rings. The molecule has 0 saturated carbocycles. The van der Waals surface area contributed by atoms with Gasteiger partial charge in [0.05, 0.1) is 6.61 Å². The first-order chi connectivity index (χ1) is 8.90. The van der Waals surface area contributed by atoms with Gasteiger partial charge in [-0.15, -0.1) is 0 Å². The highest BCUT2D eigenvalue weighted by atomic mass is 35.7. The first kappa shape index (κ1) is 16.0. The van der Waals surface area contributed by atoms with Crippen molar-refractivity contribution in [2.24, 2.45) is 0 Å². The van der Waals surface area contributed by atoms with Crippen LogP contribution in [0.2, 0.25) is 0 Å². The minimum Gasteiger partial charge on any atom is -0.461 e. The minimum atomic E-state index is -3.85. The van der Waals surface area contributed by atoms with Crippen LogP contribution in [0.15, 0.2) is 17.2 Å². The predicted molar refractivity (Wildman–Crippen MR) is 69.9 cm³/mol. The second kappa shape index (κ2) is 6.93. The molecule has 6 nitrogen and oxygen atoms in total. The zero-order valence-electron chi connectivity index (χ0n) is 10.8. The SMILES string of the molecule is CCn1cc(S(=O)(=O)Cl)cc1C(=O)OCCCOC.